The Morgan fingerprint density at radius 3 is 2.35 bits per heavy atom. The van der Waals surface area contributed by atoms with Gasteiger partial charge in [0.05, 0.1) is 0 Å². The van der Waals surface area contributed by atoms with Crippen LogP contribution in [-0.2, 0) is 4.79 Å². The van der Waals surface area contributed by atoms with Gasteiger partial charge in [0.15, 0.2) is 0 Å². The van der Waals surface area contributed by atoms with Gasteiger partial charge in [-0.3, -0.25) is 4.79 Å². The number of allylic oxidation sites excluding steroid dienone is 1. The van der Waals surface area contributed by atoms with Gasteiger partial charge in [-0.15, -0.1) is 0 Å². The molecule has 0 amide bonds. The van der Waals surface area contributed by atoms with Crippen molar-refractivity contribution in [1.82, 2.24) is 0 Å². The summed E-state index contributed by atoms with van der Waals surface area (Å²) in [4.78, 5) is 12.7. The topological polar surface area (TPSA) is 17.1 Å². The maximum atomic E-state index is 12.7. The molecule has 2 aliphatic rings. The molecule has 3 atom stereocenters. The van der Waals surface area contributed by atoms with Crippen molar-refractivity contribution >= 4 is 11.9 Å². The van der Waals surface area contributed by atoms with Crippen molar-refractivity contribution in [1.29, 1.82) is 0 Å². The van der Waals surface area contributed by atoms with Gasteiger partial charge in [-0.2, -0.15) is 0 Å². The number of Topliss-reactive ketones (excluding diaryl/α,β-unsaturated/α-hetero) is 1. The second kappa shape index (κ2) is 4.31. The lowest BCUT2D eigenvalue weighted by atomic mass is 9.70. The zero-order valence-corrected chi connectivity index (χ0v) is 12.9. The maximum Gasteiger partial charge on any atom is 0.146 e. The molecule has 20 heavy (non-hydrogen) atoms. The van der Waals surface area contributed by atoms with E-state index in [0.29, 0.717) is 11.7 Å². The Morgan fingerprint density at radius 2 is 1.80 bits per heavy atom. The summed E-state index contributed by atoms with van der Waals surface area (Å²) in [6.45, 7) is 8.83. The highest BCUT2D eigenvalue weighted by molar-refractivity contribution is 5.93. The molecule has 3 unspecified atom stereocenters. The molecule has 0 spiro atoms. The Kier molecular flexibility index (Phi) is 2.93. The SMILES string of the molecule is Cc1ccc(C=CC2C(=O)C3(C)CCC2C3(C)C)cc1. The molecule has 2 aliphatic carbocycles. The van der Waals surface area contributed by atoms with Crippen LogP contribution in [0.3, 0.4) is 0 Å². The van der Waals surface area contributed by atoms with Gasteiger partial charge in [-0.05, 0) is 36.7 Å². The first-order valence-electron chi connectivity index (χ1n) is 7.65. The lowest BCUT2D eigenvalue weighted by Crippen LogP contribution is -2.33. The van der Waals surface area contributed by atoms with Gasteiger partial charge in [0.25, 0.3) is 0 Å². The number of ketones is 1. The van der Waals surface area contributed by atoms with Crippen molar-refractivity contribution < 1.29 is 4.79 Å². The lowest BCUT2D eigenvalue weighted by Gasteiger charge is -2.32. The molecule has 106 valence electrons. The summed E-state index contributed by atoms with van der Waals surface area (Å²) in [5.74, 6) is 1.09. The van der Waals surface area contributed by atoms with E-state index in [0.717, 1.165) is 6.42 Å². The van der Waals surface area contributed by atoms with Gasteiger partial charge in [0, 0.05) is 11.3 Å². The van der Waals surface area contributed by atoms with Gasteiger partial charge >= 0.3 is 0 Å². The van der Waals surface area contributed by atoms with E-state index in [1.165, 1.54) is 17.5 Å². The summed E-state index contributed by atoms with van der Waals surface area (Å²) in [5.41, 5.74) is 2.49. The van der Waals surface area contributed by atoms with Crippen molar-refractivity contribution in [3.8, 4) is 0 Å². The Balaban J connectivity index is 1.86. The first-order chi connectivity index (χ1) is 9.36. The highest BCUT2D eigenvalue weighted by atomic mass is 16.1. The third kappa shape index (κ3) is 1.72. The minimum Gasteiger partial charge on any atom is -0.298 e. The summed E-state index contributed by atoms with van der Waals surface area (Å²) in [5, 5.41) is 0. The fraction of sp³-hybridized carbons (Fsp3) is 0.526. The van der Waals surface area contributed by atoms with Crippen molar-refractivity contribution in [2.45, 2.75) is 40.5 Å². The second-order valence-electron chi connectivity index (χ2n) is 7.36. The van der Waals surface area contributed by atoms with E-state index in [9.17, 15) is 4.79 Å². The Morgan fingerprint density at radius 1 is 1.15 bits per heavy atom. The van der Waals surface area contributed by atoms with Crippen LogP contribution in [0.4, 0.5) is 0 Å². The monoisotopic (exact) mass is 268 g/mol. The van der Waals surface area contributed by atoms with Gasteiger partial charge < -0.3 is 0 Å². The molecule has 2 fully saturated rings. The Labute approximate surface area is 122 Å². The van der Waals surface area contributed by atoms with Crippen LogP contribution in [0.2, 0.25) is 0 Å². The number of benzene rings is 1. The van der Waals surface area contributed by atoms with Crippen molar-refractivity contribution in [2.24, 2.45) is 22.7 Å². The minimum absolute atomic E-state index is 0.111. The summed E-state index contributed by atoms with van der Waals surface area (Å²) in [7, 11) is 0. The number of hydrogen-bond donors (Lipinski definition) is 0. The Hall–Kier alpha value is -1.37. The van der Waals surface area contributed by atoms with Crippen LogP contribution in [0.5, 0.6) is 0 Å². The molecule has 0 heterocycles. The number of carbonyl (C=O) groups is 1. The van der Waals surface area contributed by atoms with Crippen LogP contribution in [0.15, 0.2) is 30.3 Å². The Bertz CT molecular complexity index is 564. The average Bonchev–Trinajstić information content (AvgIpc) is 2.71. The van der Waals surface area contributed by atoms with Gasteiger partial charge in [0.1, 0.15) is 5.78 Å². The molecule has 0 aromatic heterocycles. The summed E-state index contributed by atoms with van der Waals surface area (Å²) in [6, 6.07) is 8.48. The van der Waals surface area contributed by atoms with Crippen molar-refractivity contribution in [2.75, 3.05) is 0 Å². The van der Waals surface area contributed by atoms with Gasteiger partial charge in [-0.25, -0.2) is 0 Å². The molecule has 1 heteroatoms. The third-order valence-electron chi connectivity index (χ3n) is 6.16. The fourth-order valence-electron chi connectivity index (χ4n) is 4.27. The molecule has 1 nitrogen and oxygen atoms in total. The highest BCUT2D eigenvalue weighted by Gasteiger charge is 2.65. The molecule has 1 aromatic carbocycles. The highest BCUT2D eigenvalue weighted by Crippen LogP contribution is 2.65. The predicted molar refractivity (Wildman–Crippen MR) is 83.3 cm³/mol. The molecule has 2 saturated carbocycles. The smallest absolute Gasteiger partial charge is 0.146 e. The summed E-state index contributed by atoms with van der Waals surface area (Å²) < 4.78 is 0. The number of hydrogen-bond acceptors (Lipinski definition) is 1. The molecule has 0 N–H and O–H groups in total. The minimum atomic E-state index is -0.111. The van der Waals surface area contributed by atoms with Crippen LogP contribution in [0, 0.1) is 29.6 Å². The quantitative estimate of drug-likeness (QED) is 0.763. The standard InChI is InChI=1S/C19H24O/c1-13-5-7-14(8-6-13)9-10-15-16-11-12-19(4,17(15)20)18(16,2)3/h5-10,15-16H,11-12H2,1-4H3. The molecule has 2 bridgehead atoms. The van der Waals surface area contributed by atoms with Gasteiger partial charge in [-0.1, -0.05) is 62.8 Å². The van der Waals surface area contributed by atoms with E-state index >= 15 is 0 Å². The van der Waals surface area contributed by atoms with Crippen molar-refractivity contribution in [3.05, 3.63) is 41.5 Å². The van der Waals surface area contributed by atoms with E-state index < -0.39 is 0 Å². The second-order valence-corrected chi connectivity index (χ2v) is 7.36. The average molecular weight is 268 g/mol. The zero-order valence-electron chi connectivity index (χ0n) is 12.9. The predicted octanol–water partition coefficient (Wildman–Crippen LogP) is 4.65. The molecular weight excluding hydrogens is 244 g/mol. The van der Waals surface area contributed by atoms with Crippen LogP contribution in [-0.4, -0.2) is 5.78 Å². The molecule has 0 radical (unpaired) electrons. The van der Waals surface area contributed by atoms with Crippen LogP contribution in [0.25, 0.3) is 6.08 Å². The van der Waals surface area contributed by atoms with Crippen LogP contribution in [0.1, 0.15) is 44.7 Å². The zero-order chi connectivity index (χ0) is 14.5. The number of fused-ring (bicyclic) bond motifs is 2. The molecule has 1 aromatic rings. The van der Waals surface area contributed by atoms with Crippen LogP contribution < -0.4 is 0 Å². The van der Waals surface area contributed by atoms with E-state index in [4.69, 9.17) is 0 Å². The fourth-order valence-corrected chi connectivity index (χ4v) is 4.27. The number of carbonyl (C=O) groups excluding carboxylic acids is 1. The van der Waals surface area contributed by atoms with Crippen LogP contribution >= 0.6 is 0 Å². The van der Waals surface area contributed by atoms with E-state index in [1.807, 2.05) is 0 Å². The lowest BCUT2D eigenvalue weighted by molar-refractivity contribution is -0.130. The molecule has 0 aliphatic heterocycles. The third-order valence-corrected chi connectivity index (χ3v) is 6.16. The largest absolute Gasteiger partial charge is 0.298 e. The molecule has 0 saturated heterocycles. The van der Waals surface area contributed by atoms with E-state index in [1.54, 1.807) is 0 Å². The molecular formula is C19H24O. The van der Waals surface area contributed by atoms with Gasteiger partial charge in [0.2, 0.25) is 0 Å². The van der Waals surface area contributed by atoms with E-state index in [2.05, 4.69) is 64.1 Å². The normalized spacial score (nSPS) is 35.1. The van der Waals surface area contributed by atoms with E-state index in [-0.39, 0.29) is 16.7 Å². The first-order valence-corrected chi connectivity index (χ1v) is 7.65. The first kappa shape index (κ1) is 13.6. The molecule has 3 rings (SSSR count). The van der Waals surface area contributed by atoms with Crippen molar-refractivity contribution in [3.63, 3.8) is 0 Å². The maximum absolute atomic E-state index is 12.7. The summed E-state index contributed by atoms with van der Waals surface area (Å²) in [6.07, 6.45) is 6.54. The summed E-state index contributed by atoms with van der Waals surface area (Å²) >= 11 is 0. The number of aryl methyl sites for hydroxylation is 1. The number of rotatable bonds is 2.